The van der Waals surface area contributed by atoms with Gasteiger partial charge in [0, 0.05) is 19.2 Å². The van der Waals surface area contributed by atoms with Gasteiger partial charge in [-0.1, -0.05) is 6.07 Å². The molecule has 1 amide bonds. The number of hydrogen-bond acceptors (Lipinski definition) is 5. The molecule has 0 saturated carbocycles. The van der Waals surface area contributed by atoms with Gasteiger partial charge in [-0.05, 0) is 42.8 Å². The average Bonchev–Trinajstić information content (AvgIpc) is 3.07. The zero-order valence-electron chi connectivity index (χ0n) is 14.3. The lowest BCUT2D eigenvalue weighted by molar-refractivity contribution is -0.121. The second kappa shape index (κ2) is 8.23. The fourth-order valence-corrected chi connectivity index (χ4v) is 3.50. The Bertz CT molecular complexity index is 1030. The second-order valence-corrected chi connectivity index (χ2v) is 7.54. The summed E-state index contributed by atoms with van der Waals surface area (Å²) in [6.45, 7) is 0.326. The number of carbonyl (C=O) groups is 1. The average molecular weight is 391 g/mol. The van der Waals surface area contributed by atoms with Crippen LogP contribution in [-0.2, 0) is 21.4 Å². The van der Waals surface area contributed by atoms with Gasteiger partial charge in [-0.25, -0.2) is 17.5 Å². The number of aromatic nitrogens is 3. The third-order valence-electron chi connectivity index (χ3n) is 3.82. The first-order chi connectivity index (χ1) is 13.0. The first-order valence-electron chi connectivity index (χ1n) is 8.26. The fourth-order valence-electron chi connectivity index (χ4n) is 2.43. The van der Waals surface area contributed by atoms with Crippen molar-refractivity contribution in [3.63, 3.8) is 0 Å². The Kier molecular flexibility index (Phi) is 5.77. The fraction of sp³-hybridized carbons (Fsp3) is 0.235. The minimum Gasteiger partial charge on any atom is -0.349 e. The highest BCUT2D eigenvalue weighted by Crippen LogP contribution is 2.09. The lowest BCUT2D eigenvalue weighted by Crippen LogP contribution is -2.27. The maximum atomic E-state index is 12.9. The molecule has 3 rings (SSSR count). The summed E-state index contributed by atoms with van der Waals surface area (Å²) in [6.07, 6.45) is 2.29. The van der Waals surface area contributed by atoms with E-state index in [-0.39, 0.29) is 30.3 Å². The SMILES string of the molecule is O=C(CCCNS(=O)(=O)c1ccc(F)cc1)NCc1nnc2ccccn12. The van der Waals surface area contributed by atoms with Crippen molar-refractivity contribution in [1.82, 2.24) is 24.6 Å². The molecule has 0 aliphatic heterocycles. The normalized spacial score (nSPS) is 11.6. The third kappa shape index (κ3) is 4.86. The summed E-state index contributed by atoms with van der Waals surface area (Å²) in [5.41, 5.74) is 0.692. The molecule has 10 heteroatoms. The van der Waals surface area contributed by atoms with Crippen molar-refractivity contribution in [2.75, 3.05) is 6.54 Å². The summed E-state index contributed by atoms with van der Waals surface area (Å²) in [7, 11) is -3.72. The van der Waals surface area contributed by atoms with Crippen molar-refractivity contribution in [2.45, 2.75) is 24.3 Å². The molecule has 0 radical (unpaired) electrons. The molecule has 142 valence electrons. The van der Waals surface area contributed by atoms with Crippen molar-refractivity contribution in [3.8, 4) is 0 Å². The van der Waals surface area contributed by atoms with Gasteiger partial charge in [-0.3, -0.25) is 9.20 Å². The monoisotopic (exact) mass is 391 g/mol. The summed E-state index contributed by atoms with van der Waals surface area (Å²) in [6, 6.07) is 10.0. The van der Waals surface area contributed by atoms with Crippen LogP contribution >= 0.6 is 0 Å². The first kappa shape index (κ1) is 18.9. The number of pyridine rings is 1. The lowest BCUT2D eigenvalue weighted by Gasteiger charge is -2.07. The summed E-state index contributed by atoms with van der Waals surface area (Å²) in [5, 5.41) is 10.7. The first-order valence-corrected chi connectivity index (χ1v) is 9.74. The number of rotatable bonds is 8. The molecule has 0 unspecified atom stereocenters. The molecule has 0 aliphatic rings. The van der Waals surface area contributed by atoms with Crippen LogP contribution in [0.3, 0.4) is 0 Å². The molecule has 0 spiro atoms. The smallest absolute Gasteiger partial charge is 0.240 e. The Balaban J connectivity index is 1.42. The molecule has 1 aromatic carbocycles. The van der Waals surface area contributed by atoms with Gasteiger partial charge in [0.1, 0.15) is 5.82 Å². The van der Waals surface area contributed by atoms with Crippen LogP contribution in [-0.4, -0.2) is 35.5 Å². The van der Waals surface area contributed by atoms with Crippen LogP contribution in [0.15, 0.2) is 53.6 Å². The number of halogens is 1. The maximum Gasteiger partial charge on any atom is 0.240 e. The van der Waals surface area contributed by atoms with Gasteiger partial charge in [-0.2, -0.15) is 0 Å². The Morgan fingerprint density at radius 2 is 1.89 bits per heavy atom. The van der Waals surface area contributed by atoms with Crippen LogP contribution in [0.25, 0.3) is 5.65 Å². The number of nitrogens with one attached hydrogen (secondary N) is 2. The molecule has 2 heterocycles. The van der Waals surface area contributed by atoms with E-state index in [1.807, 2.05) is 18.2 Å². The van der Waals surface area contributed by atoms with E-state index < -0.39 is 15.8 Å². The van der Waals surface area contributed by atoms with Gasteiger partial charge in [0.05, 0.1) is 11.4 Å². The highest BCUT2D eigenvalue weighted by Gasteiger charge is 2.13. The molecular weight excluding hydrogens is 373 g/mol. The number of carbonyl (C=O) groups excluding carboxylic acids is 1. The lowest BCUT2D eigenvalue weighted by atomic mass is 10.3. The number of amides is 1. The van der Waals surface area contributed by atoms with Gasteiger partial charge in [0.15, 0.2) is 11.5 Å². The van der Waals surface area contributed by atoms with Crippen LogP contribution in [0.5, 0.6) is 0 Å². The van der Waals surface area contributed by atoms with Gasteiger partial charge in [0.25, 0.3) is 0 Å². The number of fused-ring (bicyclic) bond motifs is 1. The van der Waals surface area contributed by atoms with Gasteiger partial charge >= 0.3 is 0 Å². The second-order valence-electron chi connectivity index (χ2n) is 5.78. The predicted molar refractivity (Wildman–Crippen MR) is 95.7 cm³/mol. The Morgan fingerprint density at radius 3 is 2.67 bits per heavy atom. The molecule has 2 aromatic heterocycles. The molecule has 3 aromatic rings. The molecule has 27 heavy (non-hydrogen) atoms. The van der Waals surface area contributed by atoms with E-state index in [0.717, 1.165) is 12.1 Å². The van der Waals surface area contributed by atoms with Gasteiger partial charge < -0.3 is 5.32 Å². The highest BCUT2D eigenvalue weighted by atomic mass is 32.2. The minimum absolute atomic E-state index is 0.0213. The molecule has 0 saturated heterocycles. The van der Waals surface area contributed by atoms with Crippen LogP contribution in [0.4, 0.5) is 4.39 Å². The van der Waals surface area contributed by atoms with Crippen molar-refractivity contribution >= 4 is 21.6 Å². The van der Waals surface area contributed by atoms with Crippen LogP contribution in [0.1, 0.15) is 18.7 Å². The molecular formula is C17H18FN5O3S. The van der Waals surface area contributed by atoms with Crippen molar-refractivity contribution < 1.29 is 17.6 Å². The van der Waals surface area contributed by atoms with Gasteiger partial charge in [0.2, 0.25) is 15.9 Å². The van der Waals surface area contributed by atoms with E-state index >= 15 is 0 Å². The molecule has 0 atom stereocenters. The summed E-state index contributed by atoms with van der Waals surface area (Å²) >= 11 is 0. The topological polar surface area (TPSA) is 105 Å². The minimum atomic E-state index is -3.72. The largest absolute Gasteiger partial charge is 0.349 e. The van der Waals surface area contributed by atoms with Crippen LogP contribution in [0, 0.1) is 5.82 Å². The maximum absolute atomic E-state index is 12.9. The number of hydrogen-bond donors (Lipinski definition) is 2. The Hall–Kier alpha value is -2.85. The summed E-state index contributed by atoms with van der Waals surface area (Å²) in [4.78, 5) is 11.9. The van der Waals surface area contributed by atoms with E-state index in [4.69, 9.17) is 0 Å². The van der Waals surface area contributed by atoms with E-state index in [2.05, 4.69) is 20.2 Å². The zero-order valence-corrected chi connectivity index (χ0v) is 15.1. The molecule has 0 fully saturated rings. The van der Waals surface area contributed by atoms with Crippen molar-refractivity contribution in [2.24, 2.45) is 0 Å². The number of sulfonamides is 1. The molecule has 0 bridgehead atoms. The third-order valence-corrected chi connectivity index (χ3v) is 5.30. The highest BCUT2D eigenvalue weighted by molar-refractivity contribution is 7.89. The van der Waals surface area contributed by atoms with E-state index in [1.54, 1.807) is 10.6 Å². The quantitative estimate of drug-likeness (QED) is 0.562. The molecule has 0 aliphatic carbocycles. The van der Waals surface area contributed by atoms with Crippen LogP contribution < -0.4 is 10.0 Å². The summed E-state index contributed by atoms with van der Waals surface area (Å²) in [5.74, 6) is -0.120. The molecule has 2 N–H and O–H groups in total. The summed E-state index contributed by atoms with van der Waals surface area (Å²) < 4.78 is 41.1. The van der Waals surface area contributed by atoms with Crippen molar-refractivity contribution in [1.29, 1.82) is 0 Å². The molecule has 8 nitrogen and oxygen atoms in total. The van der Waals surface area contributed by atoms with Crippen LogP contribution in [0.2, 0.25) is 0 Å². The number of nitrogens with zero attached hydrogens (tertiary/aromatic N) is 3. The van der Waals surface area contributed by atoms with Gasteiger partial charge in [-0.15, -0.1) is 10.2 Å². The van der Waals surface area contributed by atoms with Crippen molar-refractivity contribution in [3.05, 3.63) is 60.3 Å². The standard InChI is InChI=1S/C17H18FN5O3S/c18-13-6-8-14(9-7-13)27(25,26)20-10-3-5-17(24)19-12-16-22-21-15-4-1-2-11-23(15)16/h1-2,4,6-9,11,20H,3,5,10,12H2,(H,19,24). The zero-order chi connectivity index (χ0) is 19.3. The van der Waals surface area contributed by atoms with E-state index in [0.29, 0.717) is 17.9 Å². The van der Waals surface area contributed by atoms with E-state index in [1.165, 1.54) is 12.1 Å². The van der Waals surface area contributed by atoms with E-state index in [9.17, 15) is 17.6 Å². The Labute approximate surface area is 155 Å². The predicted octanol–water partition coefficient (Wildman–Crippen LogP) is 1.24. The Morgan fingerprint density at radius 1 is 1.11 bits per heavy atom. The number of benzene rings is 1.